The van der Waals surface area contributed by atoms with Crippen LogP contribution in [0.25, 0.3) is 0 Å². The van der Waals surface area contributed by atoms with Gasteiger partial charge in [0.15, 0.2) is 14.8 Å². The molecule has 0 unspecified atom stereocenters. The van der Waals surface area contributed by atoms with E-state index < -0.39 is 14.8 Å². The van der Waals surface area contributed by atoms with E-state index >= 15 is 0 Å². The molecule has 1 aromatic carbocycles. The van der Waals surface area contributed by atoms with Crippen LogP contribution in [0.5, 0.6) is 0 Å². The van der Waals surface area contributed by atoms with Crippen molar-refractivity contribution in [2.24, 2.45) is 0 Å². The molecular formula is C11H9ClN2O4S2. The van der Waals surface area contributed by atoms with E-state index in [-0.39, 0.29) is 14.9 Å². The fourth-order valence-corrected chi connectivity index (χ4v) is 3.61. The SMILES string of the molecule is CS(=O)(=O)c1cc([N+](=O)[O-])c(Nc2cccc(Cl)c2)s1. The first-order valence-electron chi connectivity index (χ1n) is 5.28. The standard InChI is InChI=1S/C11H9ClN2O4S2/c1-20(17,18)10-6-9(14(15)16)11(19-10)13-8-4-2-3-7(12)5-8/h2-6,13H,1H3. The Morgan fingerprint density at radius 2 is 2.05 bits per heavy atom. The average Bonchev–Trinajstić information content (AvgIpc) is 2.72. The van der Waals surface area contributed by atoms with Crippen molar-refractivity contribution in [1.82, 2.24) is 0 Å². The molecule has 0 aliphatic heterocycles. The number of benzene rings is 1. The van der Waals surface area contributed by atoms with Crippen LogP contribution < -0.4 is 5.32 Å². The molecular weight excluding hydrogens is 324 g/mol. The maximum Gasteiger partial charge on any atom is 0.305 e. The first kappa shape index (κ1) is 14.8. The Kier molecular flexibility index (Phi) is 3.98. The Labute approximate surface area is 124 Å². The van der Waals surface area contributed by atoms with E-state index in [1.165, 1.54) is 0 Å². The Morgan fingerprint density at radius 3 is 2.60 bits per heavy atom. The number of sulfone groups is 1. The van der Waals surface area contributed by atoms with E-state index in [9.17, 15) is 18.5 Å². The molecule has 0 atom stereocenters. The van der Waals surface area contributed by atoms with E-state index in [0.717, 1.165) is 23.7 Å². The number of rotatable bonds is 4. The van der Waals surface area contributed by atoms with Crippen LogP contribution >= 0.6 is 22.9 Å². The van der Waals surface area contributed by atoms with Gasteiger partial charge >= 0.3 is 5.69 Å². The van der Waals surface area contributed by atoms with Crippen LogP contribution in [-0.2, 0) is 9.84 Å². The molecule has 0 aliphatic carbocycles. The van der Waals surface area contributed by atoms with Gasteiger partial charge in [-0.2, -0.15) is 0 Å². The van der Waals surface area contributed by atoms with Crippen molar-refractivity contribution < 1.29 is 13.3 Å². The Hall–Kier alpha value is -1.64. The summed E-state index contributed by atoms with van der Waals surface area (Å²) in [5.41, 5.74) is 0.262. The second-order valence-corrected chi connectivity index (χ2v) is 7.68. The van der Waals surface area contributed by atoms with Crippen molar-refractivity contribution in [3.8, 4) is 0 Å². The average molecular weight is 333 g/mol. The molecule has 0 radical (unpaired) electrons. The topological polar surface area (TPSA) is 89.3 Å². The molecule has 0 bridgehead atoms. The molecule has 2 rings (SSSR count). The molecule has 1 aromatic heterocycles. The van der Waals surface area contributed by atoms with Crippen LogP contribution in [0, 0.1) is 10.1 Å². The number of anilines is 2. The fourth-order valence-electron chi connectivity index (χ4n) is 1.46. The van der Waals surface area contributed by atoms with Gasteiger partial charge in [-0.1, -0.05) is 29.0 Å². The number of halogens is 1. The van der Waals surface area contributed by atoms with Crippen LogP contribution in [0.1, 0.15) is 0 Å². The van der Waals surface area contributed by atoms with E-state index in [1.807, 2.05) is 0 Å². The lowest BCUT2D eigenvalue weighted by Gasteiger charge is -2.03. The van der Waals surface area contributed by atoms with Crippen LogP contribution in [0.2, 0.25) is 5.02 Å². The molecule has 0 saturated heterocycles. The molecule has 0 amide bonds. The first-order chi connectivity index (χ1) is 9.27. The number of hydrogen-bond acceptors (Lipinski definition) is 6. The van der Waals surface area contributed by atoms with Crippen LogP contribution in [0.4, 0.5) is 16.4 Å². The summed E-state index contributed by atoms with van der Waals surface area (Å²) in [6.07, 6.45) is 1.01. The molecule has 0 fully saturated rings. The summed E-state index contributed by atoms with van der Waals surface area (Å²) in [6, 6.07) is 7.66. The second-order valence-electron chi connectivity index (χ2n) is 3.94. The zero-order chi connectivity index (χ0) is 14.9. The predicted octanol–water partition coefficient (Wildman–Crippen LogP) is 3.46. The summed E-state index contributed by atoms with van der Waals surface area (Å²) in [5.74, 6) is 0. The van der Waals surface area contributed by atoms with Crippen molar-refractivity contribution >= 4 is 49.2 Å². The number of nitro groups is 1. The Morgan fingerprint density at radius 1 is 1.35 bits per heavy atom. The van der Waals surface area contributed by atoms with Crippen molar-refractivity contribution in [2.75, 3.05) is 11.6 Å². The third kappa shape index (κ3) is 3.27. The molecule has 9 heteroatoms. The smallest absolute Gasteiger partial charge is 0.305 e. The summed E-state index contributed by atoms with van der Waals surface area (Å²) in [6.45, 7) is 0. The Balaban J connectivity index is 2.45. The number of nitrogens with one attached hydrogen (secondary N) is 1. The minimum absolute atomic E-state index is 0.0614. The molecule has 106 valence electrons. The maximum atomic E-state index is 11.5. The summed E-state index contributed by atoms with van der Waals surface area (Å²) < 4.78 is 22.9. The zero-order valence-electron chi connectivity index (χ0n) is 10.2. The monoisotopic (exact) mass is 332 g/mol. The van der Waals surface area contributed by atoms with Gasteiger partial charge in [0.1, 0.15) is 4.21 Å². The zero-order valence-corrected chi connectivity index (χ0v) is 12.6. The van der Waals surface area contributed by atoms with Crippen LogP contribution in [0.15, 0.2) is 34.5 Å². The van der Waals surface area contributed by atoms with E-state index in [4.69, 9.17) is 11.6 Å². The molecule has 2 aromatic rings. The number of thiophene rings is 1. The largest absolute Gasteiger partial charge is 0.341 e. The molecule has 6 nitrogen and oxygen atoms in total. The van der Waals surface area contributed by atoms with Gasteiger partial charge in [0, 0.05) is 23.0 Å². The lowest BCUT2D eigenvalue weighted by atomic mass is 10.3. The lowest BCUT2D eigenvalue weighted by Crippen LogP contribution is -1.93. The lowest BCUT2D eigenvalue weighted by molar-refractivity contribution is -0.383. The van der Waals surface area contributed by atoms with Crippen molar-refractivity contribution in [3.63, 3.8) is 0 Å². The summed E-state index contributed by atoms with van der Waals surface area (Å²) >= 11 is 6.64. The summed E-state index contributed by atoms with van der Waals surface area (Å²) in [7, 11) is -3.49. The van der Waals surface area contributed by atoms with E-state index in [0.29, 0.717) is 10.7 Å². The van der Waals surface area contributed by atoms with Gasteiger partial charge in [-0.05, 0) is 18.2 Å². The quantitative estimate of drug-likeness (QED) is 0.684. The highest BCUT2D eigenvalue weighted by Gasteiger charge is 2.23. The van der Waals surface area contributed by atoms with Gasteiger partial charge in [0.2, 0.25) is 0 Å². The van der Waals surface area contributed by atoms with Gasteiger partial charge in [0.05, 0.1) is 4.92 Å². The molecule has 0 saturated carbocycles. The normalized spacial score (nSPS) is 11.3. The summed E-state index contributed by atoms with van der Waals surface area (Å²) in [4.78, 5) is 10.3. The van der Waals surface area contributed by atoms with Crippen molar-refractivity contribution in [3.05, 3.63) is 45.5 Å². The van der Waals surface area contributed by atoms with E-state index in [2.05, 4.69) is 5.32 Å². The fraction of sp³-hybridized carbons (Fsp3) is 0.0909. The third-order valence-electron chi connectivity index (χ3n) is 2.33. The first-order valence-corrected chi connectivity index (χ1v) is 8.37. The molecule has 1 heterocycles. The minimum Gasteiger partial charge on any atom is -0.341 e. The van der Waals surface area contributed by atoms with Gasteiger partial charge < -0.3 is 5.32 Å². The van der Waals surface area contributed by atoms with Gasteiger partial charge in [-0.15, -0.1) is 0 Å². The highest BCUT2D eigenvalue weighted by atomic mass is 35.5. The third-order valence-corrected chi connectivity index (χ3v) is 5.41. The van der Waals surface area contributed by atoms with Gasteiger partial charge in [-0.3, -0.25) is 10.1 Å². The molecule has 0 aliphatic rings. The second kappa shape index (κ2) is 5.39. The maximum absolute atomic E-state index is 11.5. The molecule has 20 heavy (non-hydrogen) atoms. The highest BCUT2D eigenvalue weighted by Crippen LogP contribution is 2.38. The van der Waals surface area contributed by atoms with Crippen molar-refractivity contribution in [1.29, 1.82) is 0 Å². The summed E-state index contributed by atoms with van der Waals surface area (Å²) in [5, 5.41) is 14.4. The van der Waals surface area contributed by atoms with Crippen LogP contribution in [0.3, 0.4) is 0 Å². The Bertz CT molecular complexity index is 770. The van der Waals surface area contributed by atoms with Crippen LogP contribution in [-0.4, -0.2) is 19.6 Å². The number of nitrogens with zero attached hydrogens (tertiary/aromatic N) is 1. The van der Waals surface area contributed by atoms with Gasteiger partial charge in [-0.25, -0.2) is 8.42 Å². The van der Waals surface area contributed by atoms with Crippen molar-refractivity contribution in [2.45, 2.75) is 4.21 Å². The molecule has 0 spiro atoms. The highest BCUT2D eigenvalue weighted by molar-refractivity contribution is 7.92. The molecule has 1 N–H and O–H groups in total. The predicted molar refractivity (Wildman–Crippen MR) is 78.8 cm³/mol. The van der Waals surface area contributed by atoms with Gasteiger partial charge in [0.25, 0.3) is 0 Å². The minimum atomic E-state index is -3.49. The number of hydrogen-bond donors (Lipinski definition) is 1. The van der Waals surface area contributed by atoms with E-state index in [1.54, 1.807) is 24.3 Å².